The molecule has 1 aliphatic carbocycles. The molecule has 146 valence electrons. The number of aliphatic imine (C=N–C) groups is 1. The number of amides is 1. The Morgan fingerprint density at radius 3 is 2.89 bits per heavy atom. The Labute approximate surface area is 161 Å². The molecular weight excluding hydrogens is 361 g/mol. The number of nitrogens with one attached hydrogen (secondary N) is 2. The number of benzene rings is 1. The summed E-state index contributed by atoms with van der Waals surface area (Å²) in [5, 5.41) is 17.9. The quantitative estimate of drug-likeness (QED) is 0.570. The smallest absolute Gasteiger partial charge is 0.251 e. The Hall–Kier alpha value is -3.16. The van der Waals surface area contributed by atoms with Gasteiger partial charge in [-0.25, -0.2) is 9.38 Å². The normalized spacial score (nSPS) is 15.8. The molecule has 0 spiro atoms. The lowest BCUT2D eigenvalue weighted by molar-refractivity contribution is 0.0938. The van der Waals surface area contributed by atoms with Gasteiger partial charge in [-0.05, 0) is 37.5 Å². The molecule has 8 heteroatoms. The van der Waals surface area contributed by atoms with Crippen molar-refractivity contribution < 1.29 is 14.3 Å². The van der Waals surface area contributed by atoms with Crippen molar-refractivity contribution in [1.29, 1.82) is 0 Å². The summed E-state index contributed by atoms with van der Waals surface area (Å²) in [6, 6.07) is 5.08. The number of hydrogen-bond acceptors (Lipinski definition) is 4. The SMILES string of the molecule is CCC(=Nc1cnn(C)c1)c1c(O)[nH]c2ccc(C(=O)NCC3(F)CC3)cc12. The van der Waals surface area contributed by atoms with Crippen LogP contribution in [-0.4, -0.2) is 43.7 Å². The van der Waals surface area contributed by atoms with E-state index in [2.05, 4.69) is 20.4 Å². The summed E-state index contributed by atoms with van der Waals surface area (Å²) < 4.78 is 15.4. The molecule has 1 aromatic carbocycles. The van der Waals surface area contributed by atoms with Crippen LogP contribution >= 0.6 is 0 Å². The largest absolute Gasteiger partial charge is 0.494 e. The van der Waals surface area contributed by atoms with Gasteiger partial charge in [0, 0.05) is 23.5 Å². The van der Waals surface area contributed by atoms with Crippen molar-refractivity contribution in [2.24, 2.45) is 12.0 Å². The number of alkyl halides is 1. The van der Waals surface area contributed by atoms with Crippen LogP contribution < -0.4 is 5.32 Å². The number of hydrogen-bond donors (Lipinski definition) is 3. The average Bonchev–Trinajstić information content (AvgIpc) is 3.12. The van der Waals surface area contributed by atoms with E-state index >= 15 is 0 Å². The molecule has 0 atom stereocenters. The first-order valence-electron chi connectivity index (χ1n) is 9.27. The van der Waals surface area contributed by atoms with Gasteiger partial charge in [0.15, 0.2) is 5.88 Å². The number of carbonyl (C=O) groups is 1. The van der Waals surface area contributed by atoms with Crippen LogP contribution in [0.4, 0.5) is 10.1 Å². The van der Waals surface area contributed by atoms with Crippen molar-refractivity contribution in [2.75, 3.05) is 6.54 Å². The van der Waals surface area contributed by atoms with Crippen molar-refractivity contribution in [3.63, 3.8) is 0 Å². The predicted octanol–water partition coefficient (Wildman–Crippen LogP) is 3.37. The van der Waals surface area contributed by atoms with Crippen molar-refractivity contribution in [3.05, 3.63) is 41.7 Å². The van der Waals surface area contributed by atoms with Crippen LogP contribution in [-0.2, 0) is 7.05 Å². The fourth-order valence-corrected chi connectivity index (χ4v) is 3.20. The summed E-state index contributed by atoms with van der Waals surface area (Å²) in [6.45, 7) is 1.97. The highest BCUT2D eigenvalue weighted by atomic mass is 19.1. The number of aromatic amines is 1. The number of aryl methyl sites for hydroxylation is 1. The van der Waals surface area contributed by atoms with Gasteiger partial charge in [-0.3, -0.25) is 9.48 Å². The lowest BCUT2D eigenvalue weighted by atomic mass is 10.0. The zero-order valence-electron chi connectivity index (χ0n) is 15.8. The number of H-pyrrole nitrogens is 1. The summed E-state index contributed by atoms with van der Waals surface area (Å²) in [4.78, 5) is 20.0. The molecule has 28 heavy (non-hydrogen) atoms. The average molecular weight is 383 g/mol. The number of halogens is 1. The summed E-state index contributed by atoms with van der Waals surface area (Å²) in [6.07, 6.45) is 4.99. The second-order valence-corrected chi connectivity index (χ2v) is 7.23. The molecule has 3 N–H and O–H groups in total. The maximum atomic E-state index is 13.8. The first kappa shape index (κ1) is 18.2. The monoisotopic (exact) mass is 383 g/mol. The molecule has 0 radical (unpaired) electrons. The third-order valence-electron chi connectivity index (χ3n) is 4.98. The molecule has 2 aromatic heterocycles. The molecule has 1 fully saturated rings. The van der Waals surface area contributed by atoms with Crippen LogP contribution in [0.15, 0.2) is 35.6 Å². The van der Waals surface area contributed by atoms with Crippen LogP contribution in [0, 0.1) is 0 Å². The molecule has 2 heterocycles. The van der Waals surface area contributed by atoms with Gasteiger partial charge >= 0.3 is 0 Å². The molecule has 1 amide bonds. The van der Waals surface area contributed by atoms with Crippen molar-refractivity contribution in [2.45, 2.75) is 31.9 Å². The van der Waals surface area contributed by atoms with E-state index in [-0.39, 0.29) is 18.3 Å². The van der Waals surface area contributed by atoms with Crippen LogP contribution in [0.3, 0.4) is 0 Å². The Balaban J connectivity index is 1.70. The molecule has 7 nitrogen and oxygen atoms in total. The number of fused-ring (bicyclic) bond motifs is 1. The highest BCUT2D eigenvalue weighted by Crippen LogP contribution is 2.39. The number of carbonyl (C=O) groups excluding carboxylic acids is 1. The van der Waals surface area contributed by atoms with Gasteiger partial charge in [0.1, 0.15) is 11.4 Å². The first-order valence-corrected chi connectivity index (χ1v) is 9.27. The highest BCUT2D eigenvalue weighted by molar-refractivity contribution is 6.14. The molecule has 0 saturated heterocycles. The van der Waals surface area contributed by atoms with E-state index in [1.807, 2.05) is 14.0 Å². The summed E-state index contributed by atoms with van der Waals surface area (Å²) >= 11 is 0. The van der Waals surface area contributed by atoms with Crippen molar-refractivity contribution in [1.82, 2.24) is 20.1 Å². The lowest BCUT2D eigenvalue weighted by Crippen LogP contribution is -2.31. The zero-order chi connectivity index (χ0) is 19.9. The molecule has 1 saturated carbocycles. The summed E-state index contributed by atoms with van der Waals surface area (Å²) in [5.41, 5.74) is 1.77. The predicted molar refractivity (Wildman–Crippen MR) is 105 cm³/mol. The minimum Gasteiger partial charge on any atom is -0.494 e. The van der Waals surface area contributed by atoms with Crippen LogP contribution in [0.2, 0.25) is 0 Å². The zero-order valence-corrected chi connectivity index (χ0v) is 15.8. The fraction of sp³-hybridized carbons (Fsp3) is 0.350. The minimum absolute atomic E-state index is 0.00209. The summed E-state index contributed by atoms with van der Waals surface area (Å²) in [7, 11) is 1.81. The van der Waals surface area contributed by atoms with E-state index in [0.717, 1.165) is 0 Å². The third kappa shape index (κ3) is 3.49. The molecule has 0 bridgehead atoms. The Kier molecular flexibility index (Phi) is 4.41. The van der Waals surface area contributed by atoms with Crippen LogP contribution in [0.5, 0.6) is 5.88 Å². The van der Waals surface area contributed by atoms with Gasteiger partial charge < -0.3 is 15.4 Å². The van der Waals surface area contributed by atoms with E-state index in [1.54, 1.807) is 35.3 Å². The Bertz CT molecular complexity index is 1080. The Morgan fingerprint density at radius 2 is 2.25 bits per heavy atom. The summed E-state index contributed by atoms with van der Waals surface area (Å²) in [5.74, 6) is -0.336. The molecule has 0 unspecified atom stereocenters. The van der Waals surface area contributed by atoms with E-state index in [9.17, 15) is 14.3 Å². The van der Waals surface area contributed by atoms with E-state index in [1.165, 1.54) is 0 Å². The fourth-order valence-electron chi connectivity index (χ4n) is 3.20. The number of rotatable bonds is 6. The highest BCUT2D eigenvalue weighted by Gasteiger charge is 2.43. The number of aromatic hydroxyl groups is 1. The number of nitrogens with zero attached hydrogens (tertiary/aromatic N) is 3. The van der Waals surface area contributed by atoms with Crippen LogP contribution in [0.25, 0.3) is 10.9 Å². The maximum Gasteiger partial charge on any atom is 0.251 e. The van der Waals surface area contributed by atoms with Gasteiger partial charge in [0.25, 0.3) is 5.91 Å². The second kappa shape index (κ2) is 6.78. The van der Waals surface area contributed by atoms with E-state index in [4.69, 9.17) is 0 Å². The van der Waals surface area contributed by atoms with Gasteiger partial charge in [-0.2, -0.15) is 5.10 Å². The van der Waals surface area contributed by atoms with Gasteiger partial charge in [-0.1, -0.05) is 6.92 Å². The van der Waals surface area contributed by atoms with Gasteiger partial charge in [0.05, 0.1) is 30.2 Å². The standard InChI is InChI=1S/C20H22FN5O2/c1-3-15(24-13-9-23-26(2)10-13)17-14-8-12(4-5-16(14)25-19(17)28)18(27)22-11-20(21)6-7-20/h4-5,8-10,25,28H,3,6-7,11H2,1-2H3,(H,22,27). The maximum absolute atomic E-state index is 13.8. The van der Waals surface area contributed by atoms with E-state index < -0.39 is 5.67 Å². The second-order valence-electron chi connectivity index (χ2n) is 7.23. The lowest BCUT2D eigenvalue weighted by Gasteiger charge is -2.08. The first-order chi connectivity index (χ1) is 13.4. The molecule has 4 rings (SSSR count). The third-order valence-corrected chi connectivity index (χ3v) is 4.98. The molecular formula is C20H22FN5O2. The minimum atomic E-state index is -1.25. The van der Waals surface area contributed by atoms with Crippen molar-refractivity contribution >= 4 is 28.2 Å². The van der Waals surface area contributed by atoms with E-state index in [0.29, 0.717) is 52.7 Å². The van der Waals surface area contributed by atoms with Gasteiger partial charge in [0.2, 0.25) is 0 Å². The van der Waals surface area contributed by atoms with Gasteiger partial charge in [-0.15, -0.1) is 0 Å². The Morgan fingerprint density at radius 1 is 1.46 bits per heavy atom. The topological polar surface area (TPSA) is 95.3 Å². The molecule has 1 aliphatic rings. The molecule has 3 aromatic rings. The van der Waals surface area contributed by atoms with Crippen LogP contribution in [0.1, 0.15) is 42.1 Å². The number of aromatic nitrogens is 3. The van der Waals surface area contributed by atoms with Crippen molar-refractivity contribution in [3.8, 4) is 5.88 Å². The molecule has 0 aliphatic heterocycles.